The molecule has 0 aliphatic heterocycles. The first-order valence-corrected chi connectivity index (χ1v) is 13.7. The largest absolute Gasteiger partial charge is 0.483 e. The number of ether oxygens (including phenoxy) is 1. The molecule has 6 nitrogen and oxygen atoms in total. The lowest BCUT2D eigenvalue weighted by atomic mass is 10.0. The van der Waals surface area contributed by atoms with Crippen LogP contribution < -0.4 is 10.1 Å². The molecule has 1 atom stereocenters. The summed E-state index contributed by atoms with van der Waals surface area (Å²) < 4.78 is 8.20. The van der Waals surface area contributed by atoms with Gasteiger partial charge in [-0.1, -0.05) is 86.3 Å². The number of rotatable bonds is 9. The molecule has 0 radical (unpaired) electrons. The van der Waals surface area contributed by atoms with Gasteiger partial charge in [-0.25, -0.2) is 0 Å². The molecule has 4 aromatic carbocycles. The Balaban J connectivity index is 1.32. The molecule has 0 bridgehead atoms. The molecule has 0 aliphatic carbocycles. The van der Waals surface area contributed by atoms with Crippen LogP contribution in [0.4, 0.5) is 5.69 Å². The SMILES string of the molecule is CC(C)c1ccc(OC(C)c2nnc(SCC(=O)Nc3ccc4ccccc4c3)n2-c2ccccc2)cc1. The van der Waals surface area contributed by atoms with E-state index in [1.165, 1.54) is 17.3 Å². The standard InChI is InChI=1S/C31H30N4O2S/c1-21(2)23-14-17-28(18-15-23)37-22(3)30-33-34-31(35(30)27-11-5-4-6-12-27)38-20-29(36)32-26-16-13-24-9-7-8-10-25(24)19-26/h4-19,21-22H,20H2,1-3H3,(H,32,36). The van der Waals surface area contributed by atoms with Crippen LogP contribution in [0.5, 0.6) is 5.75 Å². The summed E-state index contributed by atoms with van der Waals surface area (Å²) in [4.78, 5) is 12.8. The Bertz CT molecular complexity index is 1530. The van der Waals surface area contributed by atoms with Crippen molar-refractivity contribution in [2.75, 3.05) is 11.1 Å². The van der Waals surface area contributed by atoms with Crippen LogP contribution in [0.15, 0.2) is 102 Å². The van der Waals surface area contributed by atoms with E-state index >= 15 is 0 Å². The second-order valence-corrected chi connectivity index (χ2v) is 10.3. The maximum atomic E-state index is 12.8. The van der Waals surface area contributed by atoms with E-state index in [0.717, 1.165) is 27.9 Å². The fourth-order valence-corrected chi connectivity index (χ4v) is 5.00. The fraction of sp³-hybridized carbons (Fsp3) is 0.194. The summed E-state index contributed by atoms with van der Waals surface area (Å²) >= 11 is 1.34. The maximum Gasteiger partial charge on any atom is 0.234 e. The zero-order valence-corrected chi connectivity index (χ0v) is 22.5. The number of fused-ring (bicyclic) bond motifs is 1. The molecule has 1 amide bonds. The van der Waals surface area contributed by atoms with Crippen molar-refractivity contribution >= 4 is 34.1 Å². The van der Waals surface area contributed by atoms with E-state index in [1.54, 1.807) is 0 Å². The number of thioether (sulfide) groups is 1. The van der Waals surface area contributed by atoms with Crippen molar-refractivity contribution in [3.05, 3.63) is 108 Å². The van der Waals surface area contributed by atoms with Gasteiger partial charge in [0.1, 0.15) is 5.75 Å². The third-order valence-electron chi connectivity index (χ3n) is 6.26. The quantitative estimate of drug-likeness (QED) is 0.204. The molecule has 0 saturated carbocycles. The molecule has 5 rings (SSSR count). The van der Waals surface area contributed by atoms with E-state index in [4.69, 9.17) is 4.74 Å². The number of hydrogen-bond acceptors (Lipinski definition) is 5. The highest BCUT2D eigenvalue weighted by atomic mass is 32.2. The lowest BCUT2D eigenvalue weighted by molar-refractivity contribution is -0.113. The highest BCUT2D eigenvalue weighted by Crippen LogP contribution is 2.29. The molecule has 38 heavy (non-hydrogen) atoms. The summed E-state index contributed by atoms with van der Waals surface area (Å²) in [5, 5.41) is 14.7. The fourth-order valence-electron chi connectivity index (χ4n) is 4.24. The molecule has 192 valence electrons. The minimum Gasteiger partial charge on any atom is -0.483 e. The number of carbonyl (C=O) groups is 1. The van der Waals surface area contributed by atoms with Crippen LogP contribution in [0.2, 0.25) is 0 Å². The molecule has 0 fully saturated rings. The van der Waals surface area contributed by atoms with Crippen LogP contribution in [0.1, 0.15) is 44.2 Å². The van der Waals surface area contributed by atoms with Gasteiger partial charge >= 0.3 is 0 Å². The lowest BCUT2D eigenvalue weighted by Gasteiger charge is -2.17. The van der Waals surface area contributed by atoms with Gasteiger partial charge in [0.2, 0.25) is 5.91 Å². The van der Waals surface area contributed by atoms with Gasteiger partial charge in [-0.3, -0.25) is 9.36 Å². The monoisotopic (exact) mass is 522 g/mol. The van der Waals surface area contributed by atoms with Gasteiger partial charge in [0, 0.05) is 11.4 Å². The van der Waals surface area contributed by atoms with Gasteiger partial charge in [0.05, 0.1) is 5.75 Å². The number of amides is 1. The summed E-state index contributed by atoms with van der Waals surface area (Å²) in [5.41, 5.74) is 2.94. The lowest BCUT2D eigenvalue weighted by Crippen LogP contribution is -2.15. The topological polar surface area (TPSA) is 69.0 Å². The number of para-hydroxylation sites is 1. The van der Waals surface area contributed by atoms with Gasteiger partial charge < -0.3 is 10.1 Å². The minimum atomic E-state index is -0.353. The number of benzene rings is 4. The van der Waals surface area contributed by atoms with Crippen molar-refractivity contribution in [1.82, 2.24) is 14.8 Å². The van der Waals surface area contributed by atoms with Crippen LogP contribution in [0.25, 0.3) is 16.5 Å². The molecule has 7 heteroatoms. The van der Waals surface area contributed by atoms with Crippen LogP contribution in [-0.2, 0) is 4.79 Å². The minimum absolute atomic E-state index is 0.107. The second-order valence-electron chi connectivity index (χ2n) is 9.39. The third-order valence-corrected chi connectivity index (χ3v) is 7.19. The average Bonchev–Trinajstić information content (AvgIpc) is 3.37. The molecule has 1 aromatic heterocycles. The Labute approximate surface area is 227 Å². The van der Waals surface area contributed by atoms with Crippen LogP contribution in [0, 0.1) is 0 Å². The molecule has 1 unspecified atom stereocenters. The molecule has 1 N–H and O–H groups in total. The first-order valence-electron chi connectivity index (χ1n) is 12.7. The second kappa shape index (κ2) is 11.5. The highest BCUT2D eigenvalue weighted by Gasteiger charge is 2.22. The Hall–Kier alpha value is -4.10. The van der Waals surface area contributed by atoms with Gasteiger partial charge in [-0.2, -0.15) is 0 Å². The highest BCUT2D eigenvalue weighted by molar-refractivity contribution is 7.99. The van der Waals surface area contributed by atoms with Crippen molar-refractivity contribution < 1.29 is 9.53 Å². The Morgan fingerprint density at radius 2 is 1.58 bits per heavy atom. The molecule has 0 spiro atoms. The number of carbonyl (C=O) groups excluding carboxylic acids is 1. The van der Waals surface area contributed by atoms with Crippen molar-refractivity contribution in [3.63, 3.8) is 0 Å². The number of nitrogens with zero attached hydrogens (tertiary/aromatic N) is 3. The van der Waals surface area contributed by atoms with E-state index < -0.39 is 0 Å². The van der Waals surface area contributed by atoms with Crippen LogP contribution >= 0.6 is 11.8 Å². The van der Waals surface area contributed by atoms with E-state index in [2.05, 4.69) is 47.6 Å². The van der Waals surface area contributed by atoms with Gasteiger partial charge in [-0.15, -0.1) is 10.2 Å². The summed E-state index contributed by atoms with van der Waals surface area (Å²) in [6.45, 7) is 6.30. The maximum absolute atomic E-state index is 12.8. The van der Waals surface area contributed by atoms with Crippen molar-refractivity contribution in [1.29, 1.82) is 0 Å². The average molecular weight is 523 g/mol. The summed E-state index contributed by atoms with van der Waals surface area (Å²) in [7, 11) is 0. The van der Waals surface area contributed by atoms with Crippen molar-refractivity contribution in [2.45, 2.75) is 37.9 Å². The van der Waals surface area contributed by atoms with Crippen LogP contribution in [-0.4, -0.2) is 26.4 Å². The molecule has 0 aliphatic rings. The first-order chi connectivity index (χ1) is 18.5. The van der Waals surface area contributed by atoms with Gasteiger partial charge in [0.15, 0.2) is 17.1 Å². The zero-order valence-electron chi connectivity index (χ0n) is 21.7. The number of anilines is 1. The molecular weight excluding hydrogens is 492 g/mol. The Morgan fingerprint density at radius 1 is 0.868 bits per heavy atom. The summed E-state index contributed by atoms with van der Waals surface area (Å²) in [6, 6.07) is 32.0. The Morgan fingerprint density at radius 3 is 2.32 bits per heavy atom. The molecular formula is C31H30N4O2S. The molecule has 5 aromatic rings. The van der Waals surface area contributed by atoms with E-state index in [-0.39, 0.29) is 17.8 Å². The van der Waals surface area contributed by atoms with Crippen molar-refractivity contribution in [3.8, 4) is 11.4 Å². The smallest absolute Gasteiger partial charge is 0.234 e. The van der Waals surface area contributed by atoms with E-state index in [9.17, 15) is 4.79 Å². The predicted octanol–water partition coefficient (Wildman–Crippen LogP) is 7.41. The zero-order chi connectivity index (χ0) is 26.5. The predicted molar refractivity (Wildman–Crippen MR) is 154 cm³/mol. The van der Waals surface area contributed by atoms with E-state index in [0.29, 0.717) is 16.9 Å². The summed E-state index contributed by atoms with van der Waals surface area (Å²) in [5.74, 6) is 1.99. The van der Waals surface area contributed by atoms with Gasteiger partial charge in [0.25, 0.3) is 0 Å². The first kappa shape index (κ1) is 25.5. The normalized spacial score (nSPS) is 12.0. The number of hydrogen-bond donors (Lipinski definition) is 1. The molecule has 0 saturated heterocycles. The van der Waals surface area contributed by atoms with E-state index in [1.807, 2.05) is 90.4 Å². The number of nitrogens with one attached hydrogen (secondary N) is 1. The van der Waals surface area contributed by atoms with Crippen LogP contribution in [0.3, 0.4) is 0 Å². The number of aromatic nitrogens is 3. The molecule has 1 heterocycles. The summed E-state index contributed by atoms with van der Waals surface area (Å²) in [6.07, 6.45) is -0.353. The van der Waals surface area contributed by atoms with Gasteiger partial charge in [-0.05, 0) is 65.6 Å². The van der Waals surface area contributed by atoms with Crippen molar-refractivity contribution in [2.24, 2.45) is 0 Å². The third kappa shape index (κ3) is 5.89. The Kier molecular flexibility index (Phi) is 7.75.